The van der Waals surface area contributed by atoms with Crippen molar-refractivity contribution in [2.45, 2.75) is 0 Å². The van der Waals surface area contributed by atoms with Gasteiger partial charge in [-0.2, -0.15) is 5.10 Å². The summed E-state index contributed by atoms with van der Waals surface area (Å²) in [6.07, 6.45) is 1.48. The van der Waals surface area contributed by atoms with Gasteiger partial charge in [-0.05, 0) is 58.8 Å². The maximum absolute atomic E-state index is 12.6. The Hall–Kier alpha value is -4.16. The molecule has 0 aliphatic carbocycles. The average Bonchev–Trinajstić information content (AvgIpc) is 2.84. The lowest BCUT2D eigenvalue weighted by Crippen LogP contribution is -2.24. The molecule has 6 nitrogen and oxygen atoms in total. The number of hydrogen-bond acceptors (Lipinski definition) is 5. The topological polar surface area (TPSA) is 77.0 Å². The lowest BCUT2D eigenvalue weighted by molar-refractivity contribution is -0.123. The van der Waals surface area contributed by atoms with Crippen LogP contribution >= 0.6 is 11.6 Å². The van der Waals surface area contributed by atoms with E-state index in [2.05, 4.69) is 10.5 Å². The Morgan fingerprint density at radius 2 is 1.61 bits per heavy atom. The first kappa shape index (κ1) is 22.0. The SMILES string of the molecule is O=C(COc1ccccc1Cl)N/N=C\c1ccc(OC(=O)c2cccc3ccccc23)cc1. The minimum absolute atomic E-state index is 0.218. The predicted molar refractivity (Wildman–Crippen MR) is 128 cm³/mol. The van der Waals surface area contributed by atoms with Crippen LogP contribution in [-0.2, 0) is 4.79 Å². The van der Waals surface area contributed by atoms with Crippen LogP contribution in [0.3, 0.4) is 0 Å². The predicted octanol–water partition coefficient (Wildman–Crippen LogP) is 5.24. The summed E-state index contributed by atoms with van der Waals surface area (Å²) in [5.74, 6) is -0.0278. The van der Waals surface area contributed by atoms with Crippen molar-refractivity contribution in [1.29, 1.82) is 0 Å². The van der Waals surface area contributed by atoms with E-state index in [1.165, 1.54) is 6.21 Å². The second-order valence-corrected chi connectivity index (χ2v) is 7.40. The molecular weight excluding hydrogens is 440 g/mol. The molecule has 0 bridgehead atoms. The van der Waals surface area contributed by atoms with E-state index in [0.29, 0.717) is 27.6 Å². The van der Waals surface area contributed by atoms with E-state index >= 15 is 0 Å². The minimum Gasteiger partial charge on any atom is -0.482 e. The molecule has 0 aromatic heterocycles. The lowest BCUT2D eigenvalue weighted by atomic mass is 10.0. The fourth-order valence-corrected chi connectivity index (χ4v) is 3.29. The number of hydrazone groups is 1. The number of hydrogen-bond donors (Lipinski definition) is 1. The highest BCUT2D eigenvalue weighted by Gasteiger charge is 2.12. The Morgan fingerprint density at radius 1 is 0.879 bits per heavy atom. The van der Waals surface area contributed by atoms with Crippen LogP contribution in [0.25, 0.3) is 10.8 Å². The zero-order chi connectivity index (χ0) is 23.0. The second-order valence-electron chi connectivity index (χ2n) is 7.00. The molecule has 4 aromatic carbocycles. The molecule has 0 aliphatic rings. The minimum atomic E-state index is -0.431. The smallest absolute Gasteiger partial charge is 0.344 e. The molecule has 0 radical (unpaired) electrons. The number of halogens is 1. The highest BCUT2D eigenvalue weighted by atomic mass is 35.5. The normalized spacial score (nSPS) is 10.8. The summed E-state index contributed by atoms with van der Waals surface area (Å²) in [4.78, 5) is 24.5. The first-order valence-corrected chi connectivity index (χ1v) is 10.5. The monoisotopic (exact) mass is 458 g/mol. The van der Waals surface area contributed by atoms with E-state index in [-0.39, 0.29) is 6.61 Å². The third kappa shape index (κ3) is 5.75. The Labute approximate surface area is 195 Å². The Bertz CT molecular complexity index is 1310. The van der Waals surface area contributed by atoms with Crippen LogP contribution < -0.4 is 14.9 Å². The Morgan fingerprint density at radius 3 is 2.42 bits per heavy atom. The van der Waals surface area contributed by atoms with E-state index in [1.807, 2.05) is 36.4 Å². The Kier molecular flexibility index (Phi) is 6.97. The van der Waals surface area contributed by atoms with Crippen LogP contribution in [0.15, 0.2) is 96.1 Å². The number of para-hydroxylation sites is 1. The quantitative estimate of drug-likeness (QED) is 0.178. The molecule has 0 saturated heterocycles. The molecule has 1 amide bonds. The van der Waals surface area contributed by atoms with Crippen molar-refractivity contribution >= 4 is 40.5 Å². The van der Waals surface area contributed by atoms with Gasteiger partial charge >= 0.3 is 5.97 Å². The van der Waals surface area contributed by atoms with Crippen molar-refractivity contribution in [2.24, 2.45) is 5.10 Å². The van der Waals surface area contributed by atoms with Gasteiger partial charge in [-0.25, -0.2) is 10.2 Å². The number of fused-ring (bicyclic) bond motifs is 1. The summed E-state index contributed by atoms with van der Waals surface area (Å²) < 4.78 is 10.9. The first-order chi connectivity index (χ1) is 16.1. The van der Waals surface area contributed by atoms with E-state index in [4.69, 9.17) is 21.1 Å². The summed E-state index contributed by atoms with van der Waals surface area (Å²) in [6, 6.07) is 26.8. The number of rotatable bonds is 7. The third-order valence-electron chi connectivity index (χ3n) is 4.70. The van der Waals surface area contributed by atoms with E-state index in [0.717, 1.165) is 10.8 Å². The maximum atomic E-state index is 12.6. The Balaban J connectivity index is 1.30. The maximum Gasteiger partial charge on any atom is 0.344 e. The van der Waals surface area contributed by atoms with Crippen LogP contribution in [0.5, 0.6) is 11.5 Å². The van der Waals surface area contributed by atoms with Gasteiger partial charge in [0, 0.05) is 0 Å². The van der Waals surface area contributed by atoms with Crippen molar-refractivity contribution in [3.63, 3.8) is 0 Å². The van der Waals surface area contributed by atoms with Gasteiger partial charge in [-0.15, -0.1) is 0 Å². The van der Waals surface area contributed by atoms with Crippen molar-refractivity contribution in [1.82, 2.24) is 5.43 Å². The van der Waals surface area contributed by atoms with Gasteiger partial charge < -0.3 is 9.47 Å². The van der Waals surface area contributed by atoms with Crippen molar-refractivity contribution in [3.05, 3.63) is 107 Å². The number of benzene rings is 4. The molecule has 0 aliphatic heterocycles. The summed E-state index contributed by atoms with van der Waals surface area (Å²) >= 11 is 5.98. The number of carbonyl (C=O) groups is 2. The molecule has 4 aromatic rings. The molecule has 164 valence electrons. The standard InChI is InChI=1S/C26H19ClN2O4/c27-23-10-3-4-11-24(23)32-17-25(30)29-28-16-18-12-14-20(15-13-18)33-26(31)22-9-5-7-19-6-1-2-8-21(19)22/h1-16H,17H2,(H,29,30)/b28-16-. The molecule has 4 rings (SSSR count). The highest BCUT2D eigenvalue weighted by Crippen LogP contribution is 2.23. The molecule has 0 saturated carbocycles. The summed E-state index contributed by atoms with van der Waals surface area (Å²) in [5.41, 5.74) is 3.60. The zero-order valence-corrected chi connectivity index (χ0v) is 18.2. The lowest BCUT2D eigenvalue weighted by Gasteiger charge is -2.07. The molecule has 0 atom stereocenters. The fourth-order valence-electron chi connectivity index (χ4n) is 3.10. The van der Waals surface area contributed by atoms with Gasteiger partial charge in [0.15, 0.2) is 6.61 Å². The molecule has 0 spiro atoms. The summed E-state index contributed by atoms with van der Waals surface area (Å²) in [7, 11) is 0. The molecule has 33 heavy (non-hydrogen) atoms. The van der Waals surface area contributed by atoms with Gasteiger partial charge in [-0.1, -0.05) is 60.1 Å². The van der Waals surface area contributed by atoms with Crippen molar-refractivity contribution in [3.8, 4) is 11.5 Å². The van der Waals surface area contributed by atoms with Crippen LogP contribution in [0, 0.1) is 0 Å². The summed E-state index contributed by atoms with van der Waals surface area (Å²) in [5, 5.41) is 6.14. The van der Waals surface area contributed by atoms with E-state index < -0.39 is 11.9 Å². The number of esters is 1. The number of amides is 1. The van der Waals surface area contributed by atoms with Gasteiger partial charge in [0.25, 0.3) is 5.91 Å². The summed E-state index contributed by atoms with van der Waals surface area (Å²) in [6.45, 7) is -0.218. The van der Waals surface area contributed by atoms with Gasteiger partial charge in [0.05, 0.1) is 16.8 Å². The average molecular weight is 459 g/mol. The van der Waals surface area contributed by atoms with Crippen molar-refractivity contribution < 1.29 is 19.1 Å². The third-order valence-corrected chi connectivity index (χ3v) is 5.01. The highest BCUT2D eigenvalue weighted by molar-refractivity contribution is 6.32. The molecule has 0 heterocycles. The van der Waals surface area contributed by atoms with Crippen LogP contribution in [0.4, 0.5) is 0 Å². The zero-order valence-electron chi connectivity index (χ0n) is 17.4. The number of nitrogens with one attached hydrogen (secondary N) is 1. The van der Waals surface area contributed by atoms with Crippen LogP contribution in [-0.4, -0.2) is 24.7 Å². The van der Waals surface area contributed by atoms with Crippen LogP contribution in [0.2, 0.25) is 5.02 Å². The second kappa shape index (κ2) is 10.4. The number of ether oxygens (including phenoxy) is 2. The van der Waals surface area contributed by atoms with Gasteiger partial charge in [-0.3, -0.25) is 4.79 Å². The largest absolute Gasteiger partial charge is 0.482 e. The number of carbonyl (C=O) groups excluding carboxylic acids is 2. The van der Waals surface area contributed by atoms with Gasteiger partial charge in [0.1, 0.15) is 11.5 Å². The van der Waals surface area contributed by atoms with Gasteiger partial charge in [0.2, 0.25) is 0 Å². The number of nitrogens with zero attached hydrogens (tertiary/aromatic N) is 1. The molecule has 0 fully saturated rings. The fraction of sp³-hybridized carbons (Fsp3) is 0.0385. The molecule has 1 N–H and O–H groups in total. The first-order valence-electron chi connectivity index (χ1n) is 10.1. The molecular formula is C26H19ClN2O4. The molecule has 7 heteroatoms. The van der Waals surface area contributed by atoms with E-state index in [1.54, 1.807) is 54.6 Å². The van der Waals surface area contributed by atoms with Crippen molar-refractivity contribution in [2.75, 3.05) is 6.61 Å². The van der Waals surface area contributed by atoms with E-state index in [9.17, 15) is 9.59 Å². The van der Waals surface area contributed by atoms with Crippen LogP contribution in [0.1, 0.15) is 15.9 Å². The molecule has 0 unspecified atom stereocenters.